The summed E-state index contributed by atoms with van der Waals surface area (Å²) in [5.74, 6) is -0.119. The van der Waals surface area contributed by atoms with E-state index in [1.165, 1.54) is 36.8 Å². The molecule has 1 aliphatic rings. The highest BCUT2D eigenvalue weighted by molar-refractivity contribution is 7.99. The summed E-state index contributed by atoms with van der Waals surface area (Å²) in [5.41, 5.74) is 0.692. The second kappa shape index (κ2) is 7.36. The number of amides is 2. The van der Waals surface area contributed by atoms with Gasteiger partial charge in [-0.3, -0.25) is 9.59 Å². The first-order chi connectivity index (χ1) is 10.9. The molecule has 7 nitrogen and oxygen atoms in total. The maximum atomic E-state index is 12.2. The second-order valence-electron chi connectivity index (χ2n) is 5.06. The Morgan fingerprint density at radius 1 is 1.43 bits per heavy atom. The highest BCUT2D eigenvalue weighted by atomic mass is 32.2. The summed E-state index contributed by atoms with van der Waals surface area (Å²) in [5, 5.41) is 11.9. The molecule has 1 atom stereocenters. The van der Waals surface area contributed by atoms with E-state index in [9.17, 15) is 14.4 Å². The van der Waals surface area contributed by atoms with Gasteiger partial charge in [0.15, 0.2) is 0 Å². The maximum Gasteiger partial charge on any atom is 0.339 e. The van der Waals surface area contributed by atoms with Crippen molar-refractivity contribution in [3.8, 4) is 5.75 Å². The Morgan fingerprint density at radius 3 is 2.78 bits per heavy atom. The van der Waals surface area contributed by atoms with Gasteiger partial charge in [0.1, 0.15) is 17.4 Å². The van der Waals surface area contributed by atoms with Crippen LogP contribution in [0, 0.1) is 0 Å². The summed E-state index contributed by atoms with van der Waals surface area (Å²) in [6, 6.07) is 4.23. The molecular formula is C15H18N2O5S. The molecule has 0 aromatic heterocycles. The normalized spacial score (nSPS) is 17.0. The molecule has 0 aliphatic carbocycles. The number of rotatable bonds is 5. The average molecular weight is 338 g/mol. The van der Waals surface area contributed by atoms with E-state index in [1.807, 2.05) is 0 Å². The zero-order valence-corrected chi connectivity index (χ0v) is 13.7. The number of carbonyl (C=O) groups excluding carboxylic acids is 2. The van der Waals surface area contributed by atoms with Crippen LogP contribution in [0.1, 0.15) is 22.8 Å². The van der Waals surface area contributed by atoms with Gasteiger partial charge in [-0.2, -0.15) is 0 Å². The molecule has 0 saturated carbocycles. The third-order valence-corrected chi connectivity index (χ3v) is 4.56. The highest BCUT2D eigenvalue weighted by Crippen LogP contribution is 2.22. The molecule has 1 heterocycles. The molecule has 2 N–H and O–H groups in total. The summed E-state index contributed by atoms with van der Waals surface area (Å²) in [7, 11) is 1.40. The van der Waals surface area contributed by atoms with E-state index in [1.54, 1.807) is 12.1 Å². The van der Waals surface area contributed by atoms with Crippen LogP contribution in [0.25, 0.3) is 0 Å². The monoisotopic (exact) mass is 338 g/mol. The number of hydrogen-bond acceptors (Lipinski definition) is 5. The van der Waals surface area contributed by atoms with Gasteiger partial charge in [0.05, 0.1) is 13.0 Å². The second-order valence-corrected chi connectivity index (χ2v) is 6.06. The maximum absolute atomic E-state index is 12.2. The molecule has 0 unspecified atom stereocenters. The van der Waals surface area contributed by atoms with Crippen LogP contribution in [0.15, 0.2) is 18.2 Å². The first-order valence-corrected chi connectivity index (χ1v) is 8.12. The molecule has 23 heavy (non-hydrogen) atoms. The van der Waals surface area contributed by atoms with E-state index < -0.39 is 12.0 Å². The van der Waals surface area contributed by atoms with Crippen LogP contribution in [-0.2, 0) is 16.1 Å². The summed E-state index contributed by atoms with van der Waals surface area (Å²) < 4.78 is 4.99. The molecule has 2 rings (SSSR count). The number of carbonyl (C=O) groups is 3. The number of carboxylic acid groups (broad SMARTS) is 1. The van der Waals surface area contributed by atoms with Gasteiger partial charge in [0.2, 0.25) is 11.8 Å². The van der Waals surface area contributed by atoms with Gasteiger partial charge in [0, 0.05) is 19.2 Å². The van der Waals surface area contributed by atoms with Crippen molar-refractivity contribution in [2.75, 3.05) is 18.7 Å². The third-order valence-electron chi connectivity index (χ3n) is 3.55. The molecule has 2 amide bonds. The molecule has 1 aromatic rings. The standard InChI is InChI=1S/C15H18N2O5S/c1-9(18)17-8-23-7-12(17)14(19)16-6-10-3-4-13(22-2)11(5-10)15(20)21/h3-5,12H,6-8H2,1-2H3,(H,16,19)(H,20,21)/t12-/m0/s1. The summed E-state index contributed by atoms with van der Waals surface area (Å²) in [6.07, 6.45) is 0. The number of methoxy groups -OCH3 is 1. The van der Waals surface area contributed by atoms with Gasteiger partial charge in [0.25, 0.3) is 0 Å². The number of nitrogens with zero attached hydrogens (tertiary/aromatic N) is 1. The number of aromatic carboxylic acids is 1. The van der Waals surface area contributed by atoms with E-state index in [4.69, 9.17) is 9.84 Å². The zero-order valence-electron chi connectivity index (χ0n) is 12.9. The Labute approximate surface area is 138 Å². The fourth-order valence-electron chi connectivity index (χ4n) is 2.31. The van der Waals surface area contributed by atoms with Crippen molar-refractivity contribution >= 4 is 29.5 Å². The number of benzene rings is 1. The van der Waals surface area contributed by atoms with Crippen LogP contribution >= 0.6 is 11.8 Å². The summed E-state index contributed by atoms with van der Waals surface area (Å²) in [6.45, 7) is 1.63. The van der Waals surface area contributed by atoms with Gasteiger partial charge < -0.3 is 20.1 Å². The van der Waals surface area contributed by atoms with Crippen LogP contribution in [0.3, 0.4) is 0 Å². The Bertz CT molecular complexity index is 634. The number of nitrogens with one attached hydrogen (secondary N) is 1. The predicted molar refractivity (Wildman–Crippen MR) is 85.4 cm³/mol. The topological polar surface area (TPSA) is 95.9 Å². The molecule has 8 heteroatoms. The van der Waals surface area contributed by atoms with Crippen LogP contribution < -0.4 is 10.1 Å². The van der Waals surface area contributed by atoms with E-state index in [0.717, 1.165) is 0 Å². The molecule has 124 valence electrons. The van der Waals surface area contributed by atoms with Crippen molar-refractivity contribution < 1.29 is 24.2 Å². The van der Waals surface area contributed by atoms with Crippen LogP contribution in [-0.4, -0.2) is 52.6 Å². The predicted octanol–water partition coefficient (Wildman–Crippen LogP) is 0.931. The molecular weight excluding hydrogens is 320 g/mol. The number of ether oxygens (including phenoxy) is 1. The van der Waals surface area contributed by atoms with Crippen molar-refractivity contribution in [2.45, 2.75) is 19.5 Å². The Morgan fingerprint density at radius 2 is 2.17 bits per heavy atom. The van der Waals surface area contributed by atoms with Gasteiger partial charge in [-0.1, -0.05) is 6.07 Å². The third kappa shape index (κ3) is 3.95. The fraction of sp³-hybridized carbons (Fsp3) is 0.400. The molecule has 1 aromatic carbocycles. The smallest absolute Gasteiger partial charge is 0.339 e. The van der Waals surface area contributed by atoms with Crippen LogP contribution in [0.2, 0.25) is 0 Å². The number of hydrogen-bond donors (Lipinski definition) is 2. The molecule has 1 saturated heterocycles. The molecule has 1 fully saturated rings. The molecule has 0 spiro atoms. The first-order valence-electron chi connectivity index (χ1n) is 6.97. The minimum absolute atomic E-state index is 0.0426. The van der Waals surface area contributed by atoms with Crippen molar-refractivity contribution in [1.82, 2.24) is 10.2 Å². The molecule has 1 aliphatic heterocycles. The SMILES string of the molecule is COc1ccc(CNC(=O)[C@@H]2CSCN2C(C)=O)cc1C(=O)O. The van der Waals surface area contributed by atoms with E-state index in [0.29, 0.717) is 17.2 Å². The van der Waals surface area contributed by atoms with E-state index in [-0.39, 0.29) is 29.7 Å². The van der Waals surface area contributed by atoms with Crippen molar-refractivity contribution in [1.29, 1.82) is 0 Å². The minimum Gasteiger partial charge on any atom is -0.496 e. The van der Waals surface area contributed by atoms with Crippen molar-refractivity contribution in [3.63, 3.8) is 0 Å². The van der Waals surface area contributed by atoms with Gasteiger partial charge in [-0.25, -0.2) is 4.79 Å². The lowest BCUT2D eigenvalue weighted by Gasteiger charge is -2.21. The Hall–Kier alpha value is -2.22. The first kappa shape index (κ1) is 17.1. The van der Waals surface area contributed by atoms with E-state index in [2.05, 4.69) is 5.32 Å². The van der Waals surface area contributed by atoms with Gasteiger partial charge in [-0.05, 0) is 17.7 Å². The Kier molecular flexibility index (Phi) is 5.49. The molecule has 0 bridgehead atoms. The lowest BCUT2D eigenvalue weighted by molar-refractivity contribution is -0.136. The lowest BCUT2D eigenvalue weighted by Crippen LogP contribution is -2.46. The average Bonchev–Trinajstić information content (AvgIpc) is 3.02. The summed E-state index contributed by atoms with van der Waals surface area (Å²) >= 11 is 1.53. The largest absolute Gasteiger partial charge is 0.496 e. The van der Waals surface area contributed by atoms with Crippen LogP contribution in [0.4, 0.5) is 0 Å². The lowest BCUT2D eigenvalue weighted by atomic mass is 10.1. The number of thioether (sulfide) groups is 1. The van der Waals surface area contributed by atoms with Crippen molar-refractivity contribution in [2.24, 2.45) is 0 Å². The van der Waals surface area contributed by atoms with Crippen molar-refractivity contribution in [3.05, 3.63) is 29.3 Å². The number of carboxylic acids is 1. The minimum atomic E-state index is -1.09. The van der Waals surface area contributed by atoms with E-state index >= 15 is 0 Å². The quantitative estimate of drug-likeness (QED) is 0.829. The Balaban J connectivity index is 2.03. The zero-order chi connectivity index (χ0) is 17.0. The molecule has 0 radical (unpaired) electrons. The van der Waals surface area contributed by atoms with Gasteiger partial charge in [-0.15, -0.1) is 11.8 Å². The van der Waals surface area contributed by atoms with Crippen LogP contribution in [0.5, 0.6) is 5.75 Å². The fourth-order valence-corrected chi connectivity index (χ4v) is 3.53. The van der Waals surface area contributed by atoms with Gasteiger partial charge >= 0.3 is 5.97 Å². The highest BCUT2D eigenvalue weighted by Gasteiger charge is 2.32. The summed E-state index contributed by atoms with van der Waals surface area (Å²) in [4.78, 5) is 36.4.